The fraction of sp³-hybridized carbons (Fsp3) is 0.455. The van der Waals surface area contributed by atoms with Crippen molar-refractivity contribution in [2.24, 2.45) is 0 Å². The van der Waals surface area contributed by atoms with Crippen LogP contribution in [0.3, 0.4) is 0 Å². The van der Waals surface area contributed by atoms with Gasteiger partial charge in [-0.25, -0.2) is 0 Å². The molecule has 0 spiro atoms. The Morgan fingerprint density at radius 1 is 0.560 bits per heavy atom. The molecule has 0 N–H and O–H groups in total. The van der Waals surface area contributed by atoms with Crippen molar-refractivity contribution >= 4 is 14.0 Å². The van der Waals surface area contributed by atoms with E-state index in [1.165, 1.54) is 12.8 Å². The Morgan fingerprint density at radius 3 is 0.920 bits per heavy atom. The molecule has 0 saturated heterocycles. The molecule has 0 aliphatic heterocycles. The summed E-state index contributed by atoms with van der Waals surface area (Å²) < 4.78 is 0. The molecule has 25 heavy (non-hydrogen) atoms. The number of hydrogen-bond acceptors (Lipinski definition) is 0. The minimum atomic E-state index is 0. The zero-order chi connectivity index (χ0) is 17.8. The van der Waals surface area contributed by atoms with Crippen LogP contribution in [0.1, 0.15) is 64.4 Å². The molecule has 134 valence electrons. The van der Waals surface area contributed by atoms with Crippen molar-refractivity contribution in [3.63, 3.8) is 0 Å². The van der Waals surface area contributed by atoms with E-state index in [-0.39, 0.29) is 26.2 Å². The van der Waals surface area contributed by atoms with E-state index in [2.05, 4.69) is 41.5 Å². The van der Waals surface area contributed by atoms with E-state index in [0.29, 0.717) is 24.9 Å². The second-order valence-electron chi connectivity index (χ2n) is 7.67. The predicted octanol–water partition coefficient (Wildman–Crippen LogP) is 7.70. The van der Waals surface area contributed by atoms with Gasteiger partial charge in [-0.3, -0.25) is 0 Å². The maximum absolute atomic E-state index is 2.44. The van der Waals surface area contributed by atoms with Gasteiger partial charge in [-0.15, -0.1) is 10.8 Å². The summed E-state index contributed by atoms with van der Waals surface area (Å²) in [7, 11) is 0.760. The van der Waals surface area contributed by atoms with Crippen LogP contribution in [0.4, 0.5) is 0 Å². The molecular weight excluding hydrogens is 417 g/mol. The largest absolute Gasteiger partial charge is 2.00 e. The quantitative estimate of drug-likeness (QED) is 0.420. The summed E-state index contributed by atoms with van der Waals surface area (Å²) in [6.07, 6.45) is 22.7. The molecule has 2 aliphatic rings. The van der Waals surface area contributed by atoms with Crippen LogP contribution in [0, 0.1) is 64.2 Å². The van der Waals surface area contributed by atoms with Crippen LogP contribution in [0.2, 0.25) is 0 Å². The number of rotatable bonds is 4. The third-order valence-corrected chi connectivity index (χ3v) is 13.5. The Kier molecular flexibility index (Phi) is 10.4. The van der Waals surface area contributed by atoms with Crippen LogP contribution in [0.5, 0.6) is 0 Å². The summed E-state index contributed by atoms with van der Waals surface area (Å²) >= 11 is 0. The Balaban J connectivity index is 0.000000233. The zero-order valence-corrected chi connectivity index (χ0v) is 20.8. The normalized spacial score (nSPS) is 19.4. The van der Waals surface area contributed by atoms with Crippen molar-refractivity contribution in [3.8, 4) is 0 Å². The summed E-state index contributed by atoms with van der Waals surface area (Å²) in [6, 6.07) is 0. The number of fused-ring (bicyclic) bond motifs is 1. The summed E-state index contributed by atoms with van der Waals surface area (Å²) in [5, 5.41) is 3.98. The summed E-state index contributed by atoms with van der Waals surface area (Å²) in [5.41, 5.74) is 1.15. The first-order valence-electron chi connectivity index (χ1n) is 9.05. The standard InChI is InChI=1S/C12H22P2.2C5H5.Zr/c1-7-11(3,4)9-13-10(14(9)13)12(5,6)8-2;2*1-2-4-5-3-1;/h7-8H2,1-6H3;2*1-5H;/q-2;;;+2. The molecule has 0 unspecified atom stereocenters. The van der Waals surface area contributed by atoms with Crippen molar-refractivity contribution in [3.05, 3.63) is 74.3 Å². The van der Waals surface area contributed by atoms with Gasteiger partial charge in [-0.05, 0) is 64.2 Å². The van der Waals surface area contributed by atoms with E-state index in [9.17, 15) is 0 Å². The van der Waals surface area contributed by atoms with E-state index >= 15 is 0 Å². The van der Waals surface area contributed by atoms with Gasteiger partial charge in [0.2, 0.25) is 0 Å². The van der Waals surface area contributed by atoms with E-state index < -0.39 is 0 Å². The molecule has 3 heteroatoms. The van der Waals surface area contributed by atoms with Gasteiger partial charge >= 0.3 is 26.2 Å². The molecule has 2 aromatic rings. The molecule has 2 aromatic heterocycles. The van der Waals surface area contributed by atoms with Crippen molar-refractivity contribution in [2.75, 3.05) is 0 Å². The molecular formula is C22H32P2Zr. The molecule has 0 amide bonds. The van der Waals surface area contributed by atoms with Gasteiger partial charge in [0.15, 0.2) is 0 Å². The van der Waals surface area contributed by atoms with Gasteiger partial charge in [-0.2, -0.15) is 0 Å². The average Bonchev–Trinajstić information content (AvgIpc) is 3.21. The fourth-order valence-corrected chi connectivity index (χ4v) is 13.6. The van der Waals surface area contributed by atoms with E-state index in [1.807, 2.05) is 74.3 Å². The van der Waals surface area contributed by atoms with Crippen LogP contribution in [-0.4, -0.2) is 0 Å². The van der Waals surface area contributed by atoms with Crippen molar-refractivity contribution in [2.45, 2.75) is 65.2 Å². The molecule has 2 fully saturated rings. The molecule has 4 rings (SSSR count). The predicted molar refractivity (Wildman–Crippen MR) is 112 cm³/mol. The molecule has 0 nitrogen and oxygen atoms in total. The first-order valence-corrected chi connectivity index (χ1v) is 12.4. The van der Waals surface area contributed by atoms with Crippen LogP contribution in [-0.2, 0) is 37.0 Å². The Bertz CT molecular complexity index is 459. The van der Waals surface area contributed by atoms with Gasteiger partial charge in [-0.1, -0.05) is 54.4 Å². The van der Waals surface area contributed by atoms with Crippen LogP contribution in [0.15, 0.2) is 0 Å². The molecule has 0 bridgehead atoms. The minimum absolute atomic E-state index is 0. The van der Waals surface area contributed by atoms with Crippen molar-refractivity contribution < 1.29 is 26.2 Å². The second-order valence-corrected chi connectivity index (χ2v) is 13.8. The van der Waals surface area contributed by atoms with Crippen LogP contribution >= 0.6 is 14.0 Å². The maximum Gasteiger partial charge on any atom is 2.00 e. The topological polar surface area (TPSA) is 0 Å². The monoisotopic (exact) mass is 448 g/mol. The SMILES string of the molecule is CCC(C)(C)[c-]1p2[c-](C(C)(C)CC)p12.[CH]1[CH][CH][CH][CH]1.[CH]1[CH][CH][CH][CH]1.[Zr+2]. The molecule has 0 atom stereocenters. The molecule has 2 heterocycles. The number of hydrogen-bond donors (Lipinski definition) is 0. The first-order chi connectivity index (χ1) is 11.4. The van der Waals surface area contributed by atoms with Gasteiger partial charge < -0.3 is 24.1 Å². The van der Waals surface area contributed by atoms with Gasteiger partial charge in [0, 0.05) is 0 Å². The van der Waals surface area contributed by atoms with Gasteiger partial charge in [0.05, 0.1) is 0 Å². The first kappa shape index (κ1) is 24.3. The molecule has 0 aromatic carbocycles. The van der Waals surface area contributed by atoms with Crippen LogP contribution < -0.4 is 0 Å². The zero-order valence-electron chi connectivity index (χ0n) is 16.6. The van der Waals surface area contributed by atoms with Crippen molar-refractivity contribution in [1.29, 1.82) is 0 Å². The van der Waals surface area contributed by atoms with E-state index in [4.69, 9.17) is 0 Å². The third kappa shape index (κ3) is 6.65. The van der Waals surface area contributed by atoms with Crippen LogP contribution in [0.25, 0.3) is 0 Å². The molecule has 10 radical (unpaired) electrons. The summed E-state index contributed by atoms with van der Waals surface area (Å²) in [5.74, 6) is 0. The summed E-state index contributed by atoms with van der Waals surface area (Å²) in [6.45, 7) is 14.4. The Hall–Kier alpha value is 1.22. The minimum Gasteiger partial charge on any atom is -0.461 e. The summed E-state index contributed by atoms with van der Waals surface area (Å²) in [4.78, 5) is 0. The van der Waals surface area contributed by atoms with E-state index in [1.54, 1.807) is 0 Å². The Morgan fingerprint density at radius 2 is 0.760 bits per heavy atom. The van der Waals surface area contributed by atoms with Gasteiger partial charge in [0.1, 0.15) is 0 Å². The van der Waals surface area contributed by atoms with E-state index in [0.717, 1.165) is 0 Å². The molecule has 2 saturated carbocycles. The Labute approximate surface area is 179 Å². The third-order valence-electron chi connectivity index (χ3n) is 5.01. The maximum atomic E-state index is 2.44. The smallest absolute Gasteiger partial charge is 0.461 e. The second kappa shape index (κ2) is 10.7. The van der Waals surface area contributed by atoms with Gasteiger partial charge in [0.25, 0.3) is 0 Å². The molecule has 2 aliphatic carbocycles. The average molecular weight is 450 g/mol. The van der Waals surface area contributed by atoms with Crippen molar-refractivity contribution in [1.82, 2.24) is 0 Å². The fourth-order valence-electron chi connectivity index (χ4n) is 2.55.